The number of pyridine rings is 1. The molecule has 0 aliphatic heterocycles. The summed E-state index contributed by atoms with van der Waals surface area (Å²) < 4.78 is 14.7. The van der Waals surface area contributed by atoms with Gasteiger partial charge in [0, 0.05) is 30.7 Å². The number of anilines is 3. The Balaban J connectivity index is 1.41. The molecule has 0 atom stereocenters. The molecule has 0 fully saturated rings. The average Bonchev–Trinajstić information content (AvgIpc) is 3.39. The number of benzene rings is 1. The molecule has 11 heteroatoms. The maximum absolute atomic E-state index is 14.7. The first kappa shape index (κ1) is 29.3. The molecule has 2 amide bonds. The highest BCUT2D eigenvalue weighted by molar-refractivity contribution is 6.05. The molecule has 10 nitrogen and oxygen atoms in total. The molecule has 0 saturated heterocycles. The van der Waals surface area contributed by atoms with Crippen LogP contribution in [0, 0.1) is 17.7 Å². The van der Waals surface area contributed by atoms with E-state index in [1.165, 1.54) is 18.5 Å². The van der Waals surface area contributed by atoms with E-state index in [0.717, 1.165) is 12.4 Å². The van der Waals surface area contributed by atoms with Crippen LogP contribution in [0.2, 0.25) is 0 Å². The summed E-state index contributed by atoms with van der Waals surface area (Å²) in [7, 11) is 0. The minimum absolute atomic E-state index is 0.0374. The Kier molecular flexibility index (Phi) is 9.73. The van der Waals surface area contributed by atoms with Crippen LogP contribution in [0.1, 0.15) is 65.6 Å². The molecule has 1 aromatic carbocycles. The van der Waals surface area contributed by atoms with Crippen molar-refractivity contribution in [2.45, 2.75) is 47.0 Å². The third-order valence-corrected chi connectivity index (χ3v) is 6.11. The predicted molar refractivity (Wildman–Crippen MR) is 156 cm³/mol. The van der Waals surface area contributed by atoms with Gasteiger partial charge < -0.3 is 16.0 Å². The van der Waals surface area contributed by atoms with Crippen LogP contribution in [0.5, 0.6) is 0 Å². The van der Waals surface area contributed by atoms with Gasteiger partial charge in [0.2, 0.25) is 5.82 Å². The molecule has 4 rings (SSSR count). The molecular weight excluding hydrogens is 523 g/mol. The lowest BCUT2D eigenvalue weighted by Crippen LogP contribution is -2.18. The van der Waals surface area contributed by atoms with Gasteiger partial charge in [-0.05, 0) is 73.1 Å². The summed E-state index contributed by atoms with van der Waals surface area (Å²) in [6, 6.07) is 11.4. The fourth-order valence-electron chi connectivity index (χ4n) is 4.11. The predicted octanol–water partition coefficient (Wildman–Crippen LogP) is 5.29. The maximum Gasteiger partial charge on any atom is 0.294 e. The van der Waals surface area contributed by atoms with Crippen LogP contribution >= 0.6 is 0 Å². The molecule has 41 heavy (non-hydrogen) atoms. The van der Waals surface area contributed by atoms with Crippen LogP contribution < -0.4 is 16.0 Å². The van der Waals surface area contributed by atoms with Crippen molar-refractivity contribution in [2.24, 2.45) is 11.8 Å². The quantitative estimate of drug-likeness (QED) is 0.185. The molecule has 3 heterocycles. The molecule has 0 unspecified atom stereocenters. The molecule has 0 aliphatic carbocycles. The minimum Gasteiger partial charge on any atom is -0.370 e. The highest BCUT2D eigenvalue weighted by Gasteiger charge is 2.17. The van der Waals surface area contributed by atoms with Gasteiger partial charge >= 0.3 is 0 Å². The van der Waals surface area contributed by atoms with Crippen molar-refractivity contribution in [3.63, 3.8) is 0 Å². The Morgan fingerprint density at radius 2 is 1.71 bits per heavy atom. The number of nitrogens with zero attached hydrogens (tertiary/aromatic N) is 4. The number of amides is 2. The number of rotatable bonds is 12. The number of halogens is 1. The van der Waals surface area contributed by atoms with E-state index in [-0.39, 0.29) is 17.5 Å². The van der Waals surface area contributed by atoms with Crippen molar-refractivity contribution in [2.75, 3.05) is 22.5 Å². The second kappa shape index (κ2) is 13.6. The number of carbonyl (C=O) groups is 2. The van der Waals surface area contributed by atoms with Gasteiger partial charge in [-0.1, -0.05) is 27.7 Å². The Hall–Kier alpha value is -4.67. The third kappa shape index (κ3) is 8.41. The lowest BCUT2D eigenvalue weighted by Gasteiger charge is -2.15. The molecule has 0 spiro atoms. The Bertz CT molecular complexity index is 1490. The SMILES string of the molecule is CC(C)CNc1ccc(C(=O)Nc2ccc(F)c(CCc3cc(NC(=O)c4ncccn4)[nH]n3)c2)c(CC(C)C)n1. The van der Waals surface area contributed by atoms with Crippen molar-refractivity contribution in [1.82, 2.24) is 25.1 Å². The zero-order chi connectivity index (χ0) is 29.4. The van der Waals surface area contributed by atoms with E-state index in [9.17, 15) is 14.0 Å². The van der Waals surface area contributed by atoms with Crippen LogP contribution in [0.3, 0.4) is 0 Å². The zero-order valence-electron chi connectivity index (χ0n) is 23.7. The summed E-state index contributed by atoms with van der Waals surface area (Å²) in [6.07, 6.45) is 4.37. The van der Waals surface area contributed by atoms with Gasteiger partial charge in [0.25, 0.3) is 11.8 Å². The minimum atomic E-state index is -0.469. The van der Waals surface area contributed by atoms with E-state index >= 15 is 0 Å². The van der Waals surface area contributed by atoms with E-state index in [2.05, 4.69) is 63.8 Å². The number of carbonyl (C=O) groups excluding carboxylic acids is 2. The van der Waals surface area contributed by atoms with Crippen molar-refractivity contribution in [1.29, 1.82) is 0 Å². The number of hydrogen-bond donors (Lipinski definition) is 4. The first-order valence-electron chi connectivity index (χ1n) is 13.6. The van der Waals surface area contributed by atoms with Gasteiger partial charge in [-0.15, -0.1) is 0 Å². The van der Waals surface area contributed by atoms with Gasteiger partial charge in [-0.2, -0.15) is 5.10 Å². The fourth-order valence-corrected chi connectivity index (χ4v) is 4.11. The summed E-state index contributed by atoms with van der Waals surface area (Å²) >= 11 is 0. The van der Waals surface area contributed by atoms with E-state index < -0.39 is 5.91 Å². The van der Waals surface area contributed by atoms with Gasteiger partial charge in [0.15, 0.2) is 0 Å². The van der Waals surface area contributed by atoms with Crippen molar-refractivity contribution < 1.29 is 14.0 Å². The normalized spacial score (nSPS) is 11.1. The molecule has 3 aromatic heterocycles. The number of hydrogen-bond acceptors (Lipinski definition) is 7. The van der Waals surface area contributed by atoms with E-state index in [0.29, 0.717) is 65.1 Å². The molecule has 4 N–H and O–H groups in total. The van der Waals surface area contributed by atoms with Crippen molar-refractivity contribution >= 4 is 29.1 Å². The molecule has 0 saturated carbocycles. The van der Waals surface area contributed by atoms with Gasteiger partial charge in [-0.25, -0.2) is 19.3 Å². The lowest BCUT2D eigenvalue weighted by atomic mass is 10.0. The van der Waals surface area contributed by atoms with E-state index in [4.69, 9.17) is 4.98 Å². The summed E-state index contributed by atoms with van der Waals surface area (Å²) in [6.45, 7) is 9.19. The standard InChI is InChI=1S/C30H35FN8O2/c1-18(2)14-25-23(9-11-26(36-25)34-17-19(3)4)29(40)35-21-8-10-24(31)20(15-21)6-7-22-16-27(39-38-22)37-30(41)28-32-12-5-13-33-28/h5,8-13,15-16,18-19H,6-7,14,17H2,1-4H3,(H,34,36)(H,35,40)(H2,37,38,39,41). The second-order valence-electron chi connectivity index (χ2n) is 10.6. The van der Waals surface area contributed by atoms with Crippen molar-refractivity contribution in [3.8, 4) is 0 Å². The van der Waals surface area contributed by atoms with E-state index in [1.54, 1.807) is 30.3 Å². The Morgan fingerprint density at radius 1 is 0.927 bits per heavy atom. The zero-order valence-corrected chi connectivity index (χ0v) is 23.7. The summed E-state index contributed by atoms with van der Waals surface area (Å²) in [5, 5.41) is 15.8. The number of aryl methyl sites for hydroxylation is 2. The third-order valence-electron chi connectivity index (χ3n) is 6.11. The highest BCUT2D eigenvalue weighted by atomic mass is 19.1. The van der Waals surface area contributed by atoms with Gasteiger partial charge in [0.1, 0.15) is 17.5 Å². The summed E-state index contributed by atoms with van der Waals surface area (Å²) in [4.78, 5) is 38.0. The summed E-state index contributed by atoms with van der Waals surface area (Å²) in [5.41, 5.74) is 2.77. The Morgan fingerprint density at radius 3 is 2.44 bits per heavy atom. The van der Waals surface area contributed by atoms with Gasteiger partial charge in [0.05, 0.1) is 17.0 Å². The Labute approximate surface area is 238 Å². The number of aromatic amines is 1. The molecule has 214 valence electrons. The van der Waals surface area contributed by atoms with Crippen LogP contribution in [-0.4, -0.2) is 43.5 Å². The topological polar surface area (TPSA) is 138 Å². The number of H-pyrrole nitrogens is 1. The number of aromatic nitrogens is 5. The smallest absolute Gasteiger partial charge is 0.294 e. The fraction of sp³-hybridized carbons (Fsp3) is 0.333. The molecule has 0 radical (unpaired) electrons. The van der Waals surface area contributed by atoms with Crippen LogP contribution in [0.25, 0.3) is 0 Å². The molecule has 0 aliphatic rings. The van der Waals surface area contributed by atoms with Crippen LogP contribution in [0.4, 0.5) is 21.7 Å². The molecule has 4 aromatic rings. The monoisotopic (exact) mass is 558 g/mol. The summed E-state index contributed by atoms with van der Waals surface area (Å²) in [5.74, 6) is 0.798. The van der Waals surface area contributed by atoms with Crippen LogP contribution in [-0.2, 0) is 19.3 Å². The molecular formula is C30H35FN8O2. The highest BCUT2D eigenvalue weighted by Crippen LogP contribution is 2.21. The maximum atomic E-state index is 14.7. The first-order valence-corrected chi connectivity index (χ1v) is 13.6. The number of nitrogens with one attached hydrogen (secondary N) is 4. The van der Waals surface area contributed by atoms with Gasteiger partial charge in [-0.3, -0.25) is 14.7 Å². The first-order chi connectivity index (χ1) is 19.7. The largest absolute Gasteiger partial charge is 0.370 e. The lowest BCUT2D eigenvalue weighted by molar-refractivity contribution is 0.101. The second-order valence-corrected chi connectivity index (χ2v) is 10.6. The molecule has 0 bridgehead atoms. The van der Waals surface area contributed by atoms with E-state index in [1.807, 2.05) is 6.07 Å². The van der Waals surface area contributed by atoms with Crippen molar-refractivity contribution in [3.05, 3.63) is 89.0 Å². The average molecular weight is 559 g/mol. The van der Waals surface area contributed by atoms with Crippen LogP contribution in [0.15, 0.2) is 54.9 Å².